The topological polar surface area (TPSA) is 75.7 Å². The summed E-state index contributed by atoms with van der Waals surface area (Å²) in [4.78, 5) is 14.6. The SMILES string of the molecule is CC(C)(CNC(=O)c1ccc(CS(C)(=O)=O)cc1)N1CCOCC1. The summed E-state index contributed by atoms with van der Waals surface area (Å²) in [6.07, 6.45) is 1.20. The average Bonchev–Trinajstić information content (AvgIpc) is 2.53. The lowest BCUT2D eigenvalue weighted by Crippen LogP contribution is -2.55. The van der Waals surface area contributed by atoms with Gasteiger partial charge in [-0.1, -0.05) is 12.1 Å². The Hall–Kier alpha value is -1.44. The van der Waals surface area contributed by atoms with Crippen LogP contribution in [0.2, 0.25) is 0 Å². The maximum absolute atomic E-state index is 12.3. The van der Waals surface area contributed by atoms with E-state index in [-0.39, 0.29) is 17.2 Å². The molecule has 134 valence electrons. The average molecular weight is 354 g/mol. The Balaban J connectivity index is 1.92. The maximum Gasteiger partial charge on any atom is 0.251 e. The lowest BCUT2D eigenvalue weighted by atomic mass is 10.0. The van der Waals surface area contributed by atoms with Crippen molar-refractivity contribution in [1.29, 1.82) is 0 Å². The molecule has 7 heteroatoms. The highest BCUT2D eigenvalue weighted by Gasteiger charge is 2.28. The molecule has 0 aliphatic carbocycles. The highest BCUT2D eigenvalue weighted by Crippen LogP contribution is 2.15. The number of nitrogens with one attached hydrogen (secondary N) is 1. The zero-order chi connectivity index (χ0) is 17.8. The van der Waals surface area contributed by atoms with Crippen molar-refractivity contribution in [3.8, 4) is 0 Å². The van der Waals surface area contributed by atoms with E-state index in [1.165, 1.54) is 6.26 Å². The van der Waals surface area contributed by atoms with Crippen molar-refractivity contribution in [1.82, 2.24) is 10.2 Å². The van der Waals surface area contributed by atoms with Gasteiger partial charge in [-0.25, -0.2) is 8.42 Å². The second-order valence-electron chi connectivity index (χ2n) is 6.86. The predicted octanol–water partition coefficient (Wildman–Crippen LogP) is 1.07. The lowest BCUT2D eigenvalue weighted by molar-refractivity contribution is -0.00923. The van der Waals surface area contributed by atoms with Crippen LogP contribution in [0.25, 0.3) is 0 Å². The largest absolute Gasteiger partial charge is 0.379 e. The monoisotopic (exact) mass is 354 g/mol. The molecule has 0 radical (unpaired) electrons. The van der Waals surface area contributed by atoms with Crippen LogP contribution in [0.15, 0.2) is 24.3 Å². The van der Waals surface area contributed by atoms with E-state index in [1.807, 2.05) is 0 Å². The van der Waals surface area contributed by atoms with Gasteiger partial charge in [0.2, 0.25) is 0 Å². The van der Waals surface area contributed by atoms with Crippen molar-refractivity contribution in [2.24, 2.45) is 0 Å². The normalized spacial score (nSPS) is 16.8. The van der Waals surface area contributed by atoms with Crippen LogP contribution in [0.5, 0.6) is 0 Å². The molecule has 1 amide bonds. The third kappa shape index (κ3) is 5.58. The number of nitrogens with zero attached hydrogens (tertiary/aromatic N) is 1. The Kier molecular flexibility index (Phi) is 6.01. The Morgan fingerprint density at radius 3 is 2.33 bits per heavy atom. The van der Waals surface area contributed by atoms with E-state index in [0.29, 0.717) is 17.7 Å². The molecule has 0 unspecified atom stereocenters. The number of hydrogen-bond donors (Lipinski definition) is 1. The molecule has 0 bridgehead atoms. The van der Waals surface area contributed by atoms with Crippen LogP contribution in [0.3, 0.4) is 0 Å². The standard InChI is InChI=1S/C17H26N2O4S/c1-17(2,19-8-10-23-11-9-19)13-18-16(20)15-6-4-14(5-7-15)12-24(3,21)22/h4-7H,8-13H2,1-3H3,(H,18,20). The summed E-state index contributed by atoms with van der Waals surface area (Å²) in [5, 5.41) is 2.96. The predicted molar refractivity (Wildman–Crippen MR) is 93.8 cm³/mol. The number of sulfone groups is 1. The summed E-state index contributed by atoms with van der Waals surface area (Å²) in [6, 6.07) is 6.70. The van der Waals surface area contributed by atoms with Crippen molar-refractivity contribution >= 4 is 15.7 Å². The molecule has 1 fully saturated rings. The zero-order valence-electron chi connectivity index (χ0n) is 14.5. The number of ether oxygens (including phenoxy) is 1. The molecule has 0 atom stereocenters. The fourth-order valence-electron chi connectivity index (χ4n) is 2.73. The molecular weight excluding hydrogens is 328 g/mol. The first-order valence-electron chi connectivity index (χ1n) is 8.05. The summed E-state index contributed by atoms with van der Waals surface area (Å²) < 4.78 is 27.9. The minimum absolute atomic E-state index is 0.0149. The highest BCUT2D eigenvalue weighted by atomic mass is 32.2. The zero-order valence-corrected chi connectivity index (χ0v) is 15.4. The van der Waals surface area contributed by atoms with Crippen molar-refractivity contribution < 1.29 is 17.9 Å². The van der Waals surface area contributed by atoms with E-state index in [9.17, 15) is 13.2 Å². The smallest absolute Gasteiger partial charge is 0.251 e. The third-order valence-electron chi connectivity index (χ3n) is 4.19. The maximum atomic E-state index is 12.3. The van der Waals surface area contributed by atoms with Gasteiger partial charge in [-0.2, -0.15) is 0 Å². The van der Waals surface area contributed by atoms with Crippen LogP contribution < -0.4 is 5.32 Å². The van der Waals surface area contributed by atoms with Gasteiger partial charge in [0.25, 0.3) is 5.91 Å². The van der Waals surface area contributed by atoms with Gasteiger partial charge < -0.3 is 10.1 Å². The second kappa shape index (κ2) is 7.63. The number of hydrogen-bond acceptors (Lipinski definition) is 5. The summed E-state index contributed by atoms with van der Waals surface area (Å²) in [6.45, 7) is 7.92. The molecule has 1 aromatic rings. The van der Waals surface area contributed by atoms with Crippen molar-refractivity contribution in [3.05, 3.63) is 35.4 Å². The number of benzene rings is 1. The van der Waals surface area contributed by atoms with Crippen LogP contribution in [-0.2, 0) is 20.3 Å². The van der Waals surface area contributed by atoms with Crippen LogP contribution in [0.4, 0.5) is 0 Å². The Bertz CT molecular complexity index is 662. The molecule has 1 N–H and O–H groups in total. The highest BCUT2D eigenvalue weighted by molar-refractivity contribution is 7.89. The molecule has 1 saturated heterocycles. The second-order valence-corrected chi connectivity index (χ2v) is 9.00. The molecule has 1 aliphatic rings. The van der Waals surface area contributed by atoms with Gasteiger partial charge in [0.1, 0.15) is 0 Å². The molecule has 6 nitrogen and oxygen atoms in total. The van der Waals surface area contributed by atoms with Gasteiger partial charge in [-0.05, 0) is 31.5 Å². The Labute approximate surface area is 144 Å². The van der Waals surface area contributed by atoms with E-state index >= 15 is 0 Å². The third-order valence-corrected chi connectivity index (χ3v) is 5.05. The molecule has 1 aromatic carbocycles. The first-order chi connectivity index (χ1) is 11.2. The van der Waals surface area contributed by atoms with Crippen LogP contribution in [0, 0.1) is 0 Å². The minimum Gasteiger partial charge on any atom is -0.379 e. The molecule has 0 aromatic heterocycles. The summed E-state index contributed by atoms with van der Waals surface area (Å²) in [5.41, 5.74) is 1.07. The first kappa shape index (κ1) is 18.9. The molecular formula is C17H26N2O4S. The number of morpholine rings is 1. The molecule has 24 heavy (non-hydrogen) atoms. The van der Waals surface area contributed by atoms with E-state index in [4.69, 9.17) is 4.74 Å². The number of carbonyl (C=O) groups is 1. The molecule has 0 spiro atoms. The summed E-state index contributed by atoms with van der Waals surface area (Å²) in [5.74, 6) is -0.166. The van der Waals surface area contributed by atoms with Gasteiger partial charge >= 0.3 is 0 Å². The van der Waals surface area contributed by atoms with E-state index in [0.717, 1.165) is 26.3 Å². The lowest BCUT2D eigenvalue weighted by Gasteiger charge is -2.40. The fourth-order valence-corrected chi connectivity index (χ4v) is 3.53. The molecule has 1 aliphatic heterocycles. The molecule has 0 saturated carbocycles. The van der Waals surface area contributed by atoms with Crippen molar-refractivity contribution in [2.45, 2.75) is 25.1 Å². The summed E-state index contributed by atoms with van der Waals surface area (Å²) in [7, 11) is -3.07. The van der Waals surface area contributed by atoms with Crippen LogP contribution in [0.1, 0.15) is 29.8 Å². The van der Waals surface area contributed by atoms with E-state index in [2.05, 4.69) is 24.1 Å². The quantitative estimate of drug-likeness (QED) is 0.827. The minimum atomic E-state index is -3.07. The van der Waals surface area contributed by atoms with Crippen LogP contribution >= 0.6 is 0 Å². The Morgan fingerprint density at radius 1 is 1.21 bits per heavy atom. The molecule has 1 heterocycles. The fraction of sp³-hybridized carbons (Fsp3) is 0.588. The number of carbonyl (C=O) groups excluding carboxylic acids is 1. The van der Waals surface area contributed by atoms with Gasteiger partial charge in [0, 0.05) is 37.0 Å². The number of rotatable bonds is 6. The summed E-state index contributed by atoms with van der Waals surface area (Å²) >= 11 is 0. The number of amides is 1. The van der Waals surface area contributed by atoms with E-state index < -0.39 is 9.84 Å². The van der Waals surface area contributed by atoms with E-state index in [1.54, 1.807) is 24.3 Å². The van der Waals surface area contributed by atoms with Gasteiger partial charge in [-0.3, -0.25) is 9.69 Å². The van der Waals surface area contributed by atoms with Gasteiger partial charge in [-0.15, -0.1) is 0 Å². The Morgan fingerprint density at radius 2 is 1.79 bits per heavy atom. The van der Waals surface area contributed by atoms with Crippen molar-refractivity contribution in [2.75, 3.05) is 39.1 Å². The van der Waals surface area contributed by atoms with Crippen molar-refractivity contribution in [3.63, 3.8) is 0 Å². The van der Waals surface area contributed by atoms with Gasteiger partial charge in [0.15, 0.2) is 9.84 Å². The van der Waals surface area contributed by atoms with Gasteiger partial charge in [0.05, 0.1) is 19.0 Å². The first-order valence-corrected chi connectivity index (χ1v) is 10.1. The molecule has 2 rings (SSSR count). The van der Waals surface area contributed by atoms with Crippen LogP contribution in [-0.4, -0.2) is 63.9 Å².